The monoisotopic (exact) mass is 385 g/mol. The molecule has 0 unspecified atom stereocenters. The Balaban J connectivity index is 1.20. The summed E-state index contributed by atoms with van der Waals surface area (Å²) in [5, 5.41) is 3.32. The minimum absolute atomic E-state index is 0.207. The van der Waals surface area contributed by atoms with E-state index in [4.69, 9.17) is 4.74 Å². The maximum absolute atomic E-state index is 12.5. The van der Waals surface area contributed by atoms with Crippen molar-refractivity contribution in [1.29, 1.82) is 0 Å². The Morgan fingerprint density at radius 1 is 1.14 bits per heavy atom. The second kappa shape index (κ2) is 8.83. The average Bonchev–Trinajstić information content (AvgIpc) is 3.15. The van der Waals surface area contributed by atoms with E-state index >= 15 is 0 Å². The molecule has 1 N–H and O–H groups in total. The Hall–Kier alpha value is -1.59. The molecule has 0 bridgehead atoms. The average molecular weight is 386 g/mol. The third-order valence-corrected chi connectivity index (χ3v) is 7.05. The SMILES string of the molecule is C[C@@H]1[C@@H](C)CCC[C@H]1NC(=O)CN1CCN(Cc2ccc3c(c2)CCO3)CC1. The summed E-state index contributed by atoms with van der Waals surface area (Å²) in [6, 6.07) is 6.97. The molecule has 0 spiro atoms. The van der Waals surface area contributed by atoms with E-state index in [1.54, 1.807) is 0 Å². The Bertz CT molecular complexity index is 684. The molecule has 28 heavy (non-hydrogen) atoms. The molecular weight excluding hydrogens is 350 g/mol. The van der Waals surface area contributed by atoms with Crippen LogP contribution in [-0.4, -0.2) is 61.1 Å². The lowest BCUT2D eigenvalue weighted by atomic mass is 9.78. The van der Waals surface area contributed by atoms with Gasteiger partial charge < -0.3 is 10.1 Å². The third kappa shape index (κ3) is 4.69. The van der Waals surface area contributed by atoms with Crippen molar-refractivity contribution in [1.82, 2.24) is 15.1 Å². The molecule has 1 saturated heterocycles. The molecule has 3 atom stereocenters. The Labute approximate surface area is 169 Å². The molecule has 2 aliphatic heterocycles. The van der Waals surface area contributed by atoms with E-state index in [0.29, 0.717) is 24.4 Å². The van der Waals surface area contributed by atoms with Gasteiger partial charge in [-0.2, -0.15) is 0 Å². The van der Waals surface area contributed by atoms with E-state index in [1.165, 1.54) is 24.0 Å². The number of carbonyl (C=O) groups is 1. The van der Waals surface area contributed by atoms with Crippen LogP contribution in [0.5, 0.6) is 5.75 Å². The number of rotatable bonds is 5. The fraction of sp³-hybridized carbons (Fsp3) is 0.696. The van der Waals surface area contributed by atoms with Crippen LogP contribution in [-0.2, 0) is 17.8 Å². The number of piperazine rings is 1. The lowest BCUT2D eigenvalue weighted by molar-refractivity contribution is -0.124. The summed E-state index contributed by atoms with van der Waals surface area (Å²) in [5.74, 6) is 2.57. The highest BCUT2D eigenvalue weighted by Crippen LogP contribution is 2.29. The predicted molar refractivity (Wildman–Crippen MR) is 111 cm³/mol. The molecule has 1 aromatic carbocycles. The molecule has 0 aromatic heterocycles. The van der Waals surface area contributed by atoms with Crippen molar-refractivity contribution in [2.75, 3.05) is 39.3 Å². The Morgan fingerprint density at radius 3 is 2.75 bits per heavy atom. The summed E-state index contributed by atoms with van der Waals surface area (Å²) >= 11 is 0. The van der Waals surface area contributed by atoms with Crippen LogP contribution >= 0.6 is 0 Å². The molecule has 2 heterocycles. The molecule has 154 valence electrons. The van der Waals surface area contributed by atoms with Crippen molar-refractivity contribution in [3.63, 3.8) is 0 Å². The molecular formula is C23H35N3O2. The topological polar surface area (TPSA) is 44.8 Å². The number of hydrogen-bond donors (Lipinski definition) is 1. The standard InChI is InChI=1S/C23H35N3O2/c1-17-4-3-5-21(18(17)2)24-23(27)16-26-11-9-25(10-12-26)15-19-6-7-22-20(14-19)8-13-28-22/h6-7,14,17-18,21H,3-5,8-13,15-16H2,1-2H3,(H,24,27)/t17-,18+,21+/m0/s1. The number of hydrogen-bond acceptors (Lipinski definition) is 4. The zero-order valence-electron chi connectivity index (χ0n) is 17.5. The number of nitrogens with one attached hydrogen (secondary N) is 1. The first-order valence-electron chi connectivity index (χ1n) is 11.1. The smallest absolute Gasteiger partial charge is 0.234 e. The van der Waals surface area contributed by atoms with Gasteiger partial charge in [0.1, 0.15) is 5.75 Å². The van der Waals surface area contributed by atoms with E-state index in [2.05, 4.69) is 47.2 Å². The predicted octanol–water partition coefficient (Wildman–Crippen LogP) is 2.68. The van der Waals surface area contributed by atoms with Gasteiger partial charge in [-0.3, -0.25) is 14.6 Å². The second-order valence-corrected chi connectivity index (χ2v) is 9.03. The number of ether oxygens (including phenoxy) is 1. The van der Waals surface area contributed by atoms with Gasteiger partial charge in [0.15, 0.2) is 0 Å². The van der Waals surface area contributed by atoms with Crippen LogP contribution in [0.3, 0.4) is 0 Å². The first-order valence-corrected chi connectivity index (χ1v) is 11.1. The molecule has 1 amide bonds. The van der Waals surface area contributed by atoms with Gasteiger partial charge >= 0.3 is 0 Å². The minimum atomic E-state index is 0.207. The quantitative estimate of drug-likeness (QED) is 0.846. The molecule has 5 nitrogen and oxygen atoms in total. The zero-order valence-corrected chi connectivity index (χ0v) is 17.5. The number of carbonyl (C=O) groups excluding carboxylic acids is 1. The minimum Gasteiger partial charge on any atom is -0.493 e. The van der Waals surface area contributed by atoms with Crippen molar-refractivity contribution in [2.24, 2.45) is 11.8 Å². The summed E-state index contributed by atoms with van der Waals surface area (Å²) in [4.78, 5) is 17.3. The van der Waals surface area contributed by atoms with E-state index in [9.17, 15) is 4.79 Å². The third-order valence-electron chi connectivity index (χ3n) is 7.05. The van der Waals surface area contributed by atoms with Gasteiger partial charge in [-0.05, 0) is 35.4 Å². The van der Waals surface area contributed by atoms with Gasteiger partial charge in [-0.1, -0.05) is 38.8 Å². The summed E-state index contributed by atoms with van der Waals surface area (Å²) in [7, 11) is 0. The highest BCUT2D eigenvalue weighted by atomic mass is 16.5. The molecule has 1 aliphatic carbocycles. The van der Waals surface area contributed by atoms with Crippen LogP contribution in [0.1, 0.15) is 44.2 Å². The zero-order chi connectivity index (χ0) is 19.5. The van der Waals surface area contributed by atoms with Crippen LogP contribution < -0.4 is 10.1 Å². The van der Waals surface area contributed by atoms with Crippen LogP contribution in [0, 0.1) is 11.8 Å². The van der Waals surface area contributed by atoms with Gasteiger partial charge in [0.05, 0.1) is 13.2 Å². The van der Waals surface area contributed by atoms with Gasteiger partial charge in [0, 0.05) is 45.2 Å². The lowest BCUT2D eigenvalue weighted by Gasteiger charge is -2.37. The van der Waals surface area contributed by atoms with E-state index < -0.39 is 0 Å². The first kappa shape index (κ1) is 19.7. The van der Waals surface area contributed by atoms with E-state index in [1.807, 2.05) is 0 Å². The van der Waals surface area contributed by atoms with Gasteiger partial charge in [0.2, 0.25) is 5.91 Å². The summed E-state index contributed by atoms with van der Waals surface area (Å²) in [5.41, 5.74) is 2.72. The fourth-order valence-electron chi connectivity index (χ4n) is 4.94. The second-order valence-electron chi connectivity index (χ2n) is 9.03. The lowest BCUT2D eigenvalue weighted by Crippen LogP contribution is -2.51. The molecule has 2 fully saturated rings. The van der Waals surface area contributed by atoms with Crippen molar-refractivity contribution in [2.45, 2.75) is 52.1 Å². The summed E-state index contributed by atoms with van der Waals surface area (Å²) in [6.45, 7) is 10.9. The number of fused-ring (bicyclic) bond motifs is 1. The van der Waals surface area contributed by atoms with Crippen molar-refractivity contribution >= 4 is 5.91 Å². The van der Waals surface area contributed by atoms with Crippen LogP contribution in [0.25, 0.3) is 0 Å². The van der Waals surface area contributed by atoms with Gasteiger partial charge in [-0.15, -0.1) is 0 Å². The van der Waals surface area contributed by atoms with Crippen molar-refractivity contribution in [3.8, 4) is 5.75 Å². The highest BCUT2D eigenvalue weighted by molar-refractivity contribution is 5.78. The number of nitrogens with zero attached hydrogens (tertiary/aromatic N) is 2. The van der Waals surface area contributed by atoms with Gasteiger partial charge in [0.25, 0.3) is 0 Å². The van der Waals surface area contributed by atoms with Crippen LogP contribution in [0.15, 0.2) is 18.2 Å². The number of benzene rings is 1. The largest absolute Gasteiger partial charge is 0.493 e. The van der Waals surface area contributed by atoms with E-state index in [0.717, 1.165) is 57.9 Å². The highest BCUT2D eigenvalue weighted by Gasteiger charge is 2.29. The Morgan fingerprint density at radius 2 is 1.93 bits per heavy atom. The number of amides is 1. The molecule has 5 heteroatoms. The van der Waals surface area contributed by atoms with Crippen LogP contribution in [0.2, 0.25) is 0 Å². The first-order chi connectivity index (χ1) is 13.6. The van der Waals surface area contributed by atoms with Crippen molar-refractivity contribution < 1.29 is 9.53 Å². The van der Waals surface area contributed by atoms with Crippen LogP contribution in [0.4, 0.5) is 0 Å². The maximum atomic E-state index is 12.5. The van der Waals surface area contributed by atoms with E-state index in [-0.39, 0.29) is 5.91 Å². The molecule has 1 aromatic rings. The van der Waals surface area contributed by atoms with Crippen molar-refractivity contribution in [3.05, 3.63) is 29.3 Å². The molecule has 3 aliphatic rings. The normalized spacial score (nSPS) is 28.6. The summed E-state index contributed by atoms with van der Waals surface area (Å²) < 4.78 is 5.60. The molecule has 4 rings (SSSR count). The summed E-state index contributed by atoms with van der Waals surface area (Å²) in [6.07, 6.45) is 4.71. The molecule has 1 saturated carbocycles. The Kier molecular flexibility index (Phi) is 6.22. The fourth-order valence-corrected chi connectivity index (χ4v) is 4.94. The maximum Gasteiger partial charge on any atom is 0.234 e. The molecule has 0 radical (unpaired) electrons. The van der Waals surface area contributed by atoms with Gasteiger partial charge in [-0.25, -0.2) is 0 Å².